The summed E-state index contributed by atoms with van der Waals surface area (Å²) in [5.74, 6) is -1.84. The Kier molecular flexibility index (Phi) is 5.90. The molecular formula is C21H20O4. The number of carbonyl (C=O) groups is 2. The molecule has 2 rings (SSSR count). The van der Waals surface area contributed by atoms with Crippen LogP contribution >= 0.6 is 0 Å². The molecule has 0 aromatic heterocycles. The number of hydrogen-bond acceptors (Lipinski definition) is 3. The Balaban J connectivity index is 2.92. The smallest absolute Gasteiger partial charge is 0.338 e. The van der Waals surface area contributed by atoms with Crippen LogP contribution in [0.2, 0.25) is 0 Å². The first-order valence-electron chi connectivity index (χ1n) is 7.82. The van der Waals surface area contributed by atoms with Gasteiger partial charge < -0.3 is 9.84 Å². The van der Waals surface area contributed by atoms with Crippen LogP contribution in [0.1, 0.15) is 25.0 Å². The van der Waals surface area contributed by atoms with Gasteiger partial charge in [0.15, 0.2) is 0 Å². The summed E-state index contributed by atoms with van der Waals surface area (Å²) in [6, 6.07) is 18.3. The molecule has 128 valence electrons. The monoisotopic (exact) mass is 336 g/mol. The van der Waals surface area contributed by atoms with E-state index >= 15 is 0 Å². The van der Waals surface area contributed by atoms with Gasteiger partial charge in [-0.15, -0.1) is 0 Å². The summed E-state index contributed by atoms with van der Waals surface area (Å²) in [6.45, 7) is 3.39. The van der Waals surface area contributed by atoms with Gasteiger partial charge in [0.25, 0.3) is 0 Å². The second kappa shape index (κ2) is 8.11. The molecule has 2 aromatic rings. The minimum atomic E-state index is -1.18. The van der Waals surface area contributed by atoms with Gasteiger partial charge in [0.2, 0.25) is 0 Å². The molecule has 0 aliphatic rings. The molecule has 0 amide bonds. The van der Waals surface area contributed by atoms with Gasteiger partial charge in [-0.1, -0.05) is 66.2 Å². The molecule has 0 unspecified atom stereocenters. The normalized spacial score (nSPS) is 9.88. The molecule has 0 aliphatic heterocycles. The topological polar surface area (TPSA) is 63.6 Å². The van der Waals surface area contributed by atoms with Gasteiger partial charge in [0.05, 0.1) is 18.3 Å². The maximum absolute atomic E-state index is 12.3. The van der Waals surface area contributed by atoms with Gasteiger partial charge >= 0.3 is 11.9 Å². The molecule has 0 spiro atoms. The van der Waals surface area contributed by atoms with Crippen LogP contribution in [-0.4, -0.2) is 24.2 Å². The molecule has 0 heterocycles. The average Bonchev–Trinajstić information content (AvgIpc) is 2.62. The molecule has 0 fully saturated rings. The number of carbonyl (C=O) groups excluding carboxylic acids is 1. The van der Waals surface area contributed by atoms with E-state index in [1.54, 1.807) is 13.8 Å². The molecule has 25 heavy (non-hydrogen) atoms. The van der Waals surface area contributed by atoms with E-state index in [1.807, 2.05) is 60.7 Å². The fourth-order valence-corrected chi connectivity index (χ4v) is 2.66. The van der Waals surface area contributed by atoms with Gasteiger partial charge in [-0.3, -0.25) is 0 Å². The van der Waals surface area contributed by atoms with Crippen molar-refractivity contribution in [3.05, 3.63) is 88.5 Å². The van der Waals surface area contributed by atoms with E-state index in [0.29, 0.717) is 22.3 Å². The Labute approximate surface area is 147 Å². The first-order valence-corrected chi connectivity index (χ1v) is 7.82. The van der Waals surface area contributed by atoms with Gasteiger partial charge in [-0.2, -0.15) is 0 Å². The highest BCUT2D eigenvalue weighted by Gasteiger charge is 2.27. The Hall–Kier alpha value is -3.14. The van der Waals surface area contributed by atoms with Crippen molar-refractivity contribution in [1.82, 2.24) is 0 Å². The minimum Gasteiger partial charge on any atom is -0.478 e. The average molecular weight is 336 g/mol. The number of rotatable bonds is 5. The third kappa shape index (κ3) is 4.04. The van der Waals surface area contributed by atoms with Crippen molar-refractivity contribution in [3.63, 3.8) is 0 Å². The second-order valence-electron chi connectivity index (χ2n) is 5.65. The fraction of sp³-hybridized carbons (Fsp3) is 0.143. The quantitative estimate of drug-likeness (QED) is 0.507. The SMILES string of the molecule is COC(=O)C(=C(C)C)C(C(=O)O)=C(c1ccccc1)c1ccccc1. The van der Waals surface area contributed by atoms with Crippen molar-refractivity contribution < 1.29 is 19.4 Å². The van der Waals surface area contributed by atoms with Crippen LogP contribution in [0.5, 0.6) is 0 Å². The van der Waals surface area contributed by atoms with Crippen LogP contribution in [0.4, 0.5) is 0 Å². The first-order chi connectivity index (χ1) is 12.0. The fourth-order valence-electron chi connectivity index (χ4n) is 2.66. The van der Waals surface area contributed by atoms with Crippen molar-refractivity contribution in [2.24, 2.45) is 0 Å². The van der Waals surface area contributed by atoms with Crippen LogP contribution in [0.3, 0.4) is 0 Å². The lowest BCUT2D eigenvalue weighted by Crippen LogP contribution is -2.17. The minimum absolute atomic E-state index is 0.0655. The number of hydrogen-bond donors (Lipinski definition) is 1. The van der Waals surface area contributed by atoms with E-state index in [2.05, 4.69) is 0 Å². The Morgan fingerprint density at radius 3 is 1.56 bits per heavy atom. The summed E-state index contributed by atoms with van der Waals surface area (Å²) in [7, 11) is 1.25. The van der Waals surface area contributed by atoms with Crippen LogP contribution in [0, 0.1) is 0 Å². The number of allylic oxidation sites excluding steroid dienone is 1. The van der Waals surface area contributed by atoms with E-state index < -0.39 is 11.9 Å². The van der Waals surface area contributed by atoms with E-state index in [9.17, 15) is 14.7 Å². The summed E-state index contributed by atoms with van der Waals surface area (Å²) in [6.07, 6.45) is 0. The van der Waals surface area contributed by atoms with Crippen LogP contribution in [0.25, 0.3) is 5.57 Å². The zero-order valence-corrected chi connectivity index (χ0v) is 14.4. The van der Waals surface area contributed by atoms with Crippen molar-refractivity contribution >= 4 is 17.5 Å². The molecule has 0 saturated carbocycles. The van der Waals surface area contributed by atoms with E-state index in [0.717, 1.165) is 0 Å². The number of benzene rings is 2. The largest absolute Gasteiger partial charge is 0.478 e. The third-order valence-electron chi connectivity index (χ3n) is 3.73. The second-order valence-corrected chi connectivity index (χ2v) is 5.65. The molecular weight excluding hydrogens is 316 g/mol. The first kappa shape index (κ1) is 18.2. The zero-order valence-electron chi connectivity index (χ0n) is 14.4. The maximum Gasteiger partial charge on any atom is 0.338 e. The van der Waals surface area contributed by atoms with E-state index in [4.69, 9.17) is 4.74 Å². The molecule has 4 heteroatoms. The van der Waals surface area contributed by atoms with Crippen molar-refractivity contribution in [2.75, 3.05) is 7.11 Å². The van der Waals surface area contributed by atoms with Crippen LogP contribution < -0.4 is 0 Å². The standard InChI is InChI=1S/C21H20O4/c1-14(2)17(21(24)25-3)19(20(22)23)18(15-10-6-4-7-11-15)16-12-8-5-9-13-16/h4-13H,1-3H3,(H,22,23). The highest BCUT2D eigenvalue weighted by molar-refractivity contribution is 6.14. The number of aliphatic carboxylic acids is 1. The molecule has 2 aromatic carbocycles. The molecule has 1 N–H and O–H groups in total. The Morgan fingerprint density at radius 2 is 1.24 bits per heavy atom. The summed E-state index contributed by atoms with van der Waals surface area (Å²) >= 11 is 0. The Bertz CT molecular complexity index is 785. The number of esters is 1. The number of carboxylic acid groups (broad SMARTS) is 1. The molecule has 0 atom stereocenters. The van der Waals surface area contributed by atoms with Crippen LogP contribution in [0.15, 0.2) is 77.4 Å². The van der Waals surface area contributed by atoms with Gasteiger partial charge in [-0.25, -0.2) is 9.59 Å². The molecule has 0 aliphatic carbocycles. The van der Waals surface area contributed by atoms with Crippen molar-refractivity contribution in [3.8, 4) is 0 Å². The predicted molar refractivity (Wildman–Crippen MR) is 96.9 cm³/mol. The van der Waals surface area contributed by atoms with Crippen molar-refractivity contribution in [1.29, 1.82) is 0 Å². The summed E-state index contributed by atoms with van der Waals surface area (Å²) < 4.78 is 4.83. The van der Waals surface area contributed by atoms with Crippen molar-refractivity contribution in [2.45, 2.75) is 13.8 Å². The van der Waals surface area contributed by atoms with Gasteiger partial charge in [0, 0.05) is 5.57 Å². The summed E-state index contributed by atoms with van der Waals surface area (Å²) in [5.41, 5.74) is 2.49. The number of methoxy groups -OCH3 is 1. The third-order valence-corrected chi connectivity index (χ3v) is 3.73. The molecule has 0 bridgehead atoms. The number of carboxylic acids is 1. The highest BCUT2D eigenvalue weighted by atomic mass is 16.5. The highest BCUT2D eigenvalue weighted by Crippen LogP contribution is 2.32. The van der Waals surface area contributed by atoms with Gasteiger partial charge in [0.1, 0.15) is 0 Å². The van der Waals surface area contributed by atoms with E-state index in [1.165, 1.54) is 7.11 Å². The molecule has 0 radical (unpaired) electrons. The predicted octanol–water partition coefficient (Wildman–Crippen LogP) is 4.08. The van der Waals surface area contributed by atoms with Gasteiger partial charge in [-0.05, 0) is 25.0 Å². The lowest BCUT2D eigenvalue weighted by molar-refractivity contribution is -0.138. The lowest BCUT2D eigenvalue weighted by atomic mass is 9.88. The van der Waals surface area contributed by atoms with Crippen LogP contribution in [-0.2, 0) is 14.3 Å². The molecule has 0 saturated heterocycles. The maximum atomic E-state index is 12.3. The lowest BCUT2D eigenvalue weighted by Gasteiger charge is -2.16. The van der Waals surface area contributed by atoms with E-state index in [-0.39, 0.29) is 11.1 Å². The zero-order chi connectivity index (χ0) is 18.4. The molecule has 4 nitrogen and oxygen atoms in total. The summed E-state index contributed by atoms with van der Waals surface area (Å²) in [4.78, 5) is 24.4. The number of ether oxygens (including phenoxy) is 1. The summed E-state index contributed by atoms with van der Waals surface area (Å²) in [5, 5.41) is 9.93. The Morgan fingerprint density at radius 1 is 0.800 bits per heavy atom.